The summed E-state index contributed by atoms with van der Waals surface area (Å²) in [7, 11) is 0. The fraction of sp³-hybridized carbons (Fsp3) is 0.143. The summed E-state index contributed by atoms with van der Waals surface area (Å²) in [5, 5.41) is 2.70. The first kappa shape index (κ1) is 12.9. The first-order chi connectivity index (χ1) is 9.20. The summed E-state index contributed by atoms with van der Waals surface area (Å²) in [6, 6.07) is 10.0. The molecule has 2 aromatic rings. The minimum atomic E-state index is -0.404. The molecule has 0 saturated carbocycles. The molecule has 1 aromatic carbocycles. The Morgan fingerprint density at radius 3 is 2.79 bits per heavy atom. The number of H-pyrrole nitrogens is 1. The van der Waals surface area contributed by atoms with Crippen molar-refractivity contribution in [2.24, 2.45) is 0 Å². The predicted octanol–water partition coefficient (Wildman–Crippen LogP) is 2.44. The lowest BCUT2D eigenvalue weighted by Crippen LogP contribution is -2.13. The third kappa shape index (κ3) is 3.22. The molecule has 0 bridgehead atoms. The van der Waals surface area contributed by atoms with Gasteiger partial charge in [0, 0.05) is 11.9 Å². The van der Waals surface area contributed by atoms with Crippen molar-refractivity contribution in [2.75, 3.05) is 11.9 Å². The van der Waals surface area contributed by atoms with Gasteiger partial charge in [0.05, 0.1) is 12.2 Å². The molecule has 2 N–H and O–H groups in total. The second-order valence-electron chi connectivity index (χ2n) is 3.84. The van der Waals surface area contributed by atoms with E-state index in [0.29, 0.717) is 23.6 Å². The van der Waals surface area contributed by atoms with Crippen molar-refractivity contribution in [3.8, 4) is 0 Å². The largest absolute Gasteiger partial charge is 0.462 e. The Bertz CT molecular complexity index is 576. The molecule has 19 heavy (non-hydrogen) atoms. The standard InChI is InChI=1S/C14H14N2O3/c1-2-19-14(18)10-5-3-6-11(9-10)16-13(17)12-7-4-8-15-12/h3-9,15H,2H2,1H3,(H,16,17). The molecule has 0 saturated heterocycles. The number of aromatic nitrogens is 1. The van der Waals surface area contributed by atoms with Crippen LogP contribution in [0.15, 0.2) is 42.6 Å². The van der Waals surface area contributed by atoms with Crippen LogP contribution in [-0.2, 0) is 4.74 Å². The molecule has 1 heterocycles. The van der Waals surface area contributed by atoms with E-state index in [-0.39, 0.29) is 5.91 Å². The predicted molar refractivity (Wildman–Crippen MR) is 71.1 cm³/mol. The van der Waals surface area contributed by atoms with E-state index in [0.717, 1.165) is 0 Å². The molecule has 1 amide bonds. The maximum Gasteiger partial charge on any atom is 0.338 e. The van der Waals surface area contributed by atoms with Gasteiger partial charge in [0.25, 0.3) is 5.91 Å². The highest BCUT2D eigenvalue weighted by Crippen LogP contribution is 2.13. The zero-order valence-corrected chi connectivity index (χ0v) is 10.5. The average molecular weight is 258 g/mol. The molecule has 98 valence electrons. The van der Waals surface area contributed by atoms with Crippen molar-refractivity contribution < 1.29 is 14.3 Å². The number of ether oxygens (including phenoxy) is 1. The third-order valence-corrected chi connectivity index (χ3v) is 2.47. The Morgan fingerprint density at radius 1 is 1.26 bits per heavy atom. The minimum Gasteiger partial charge on any atom is -0.462 e. The Hall–Kier alpha value is -2.56. The Kier molecular flexibility index (Phi) is 3.97. The SMILES string of the molecule is CCOC(=O)c1cccc(NC(=O)c2ccc[nH]2)c1. The van der Waals surface area contributed by atoms with Crippen molar-refractivity contribution >= 4 is 17.6 Å². The topological polar surface area (TPSA) is 71.2 Å². The van der Waals surface area contributed by atoms with Gasteiger partial charge >= 0.3 is 5.97 Å². The molecule has 5 nitrogen and oxygen atoms in total. The van der Waals surface area contributed by atoms with Crippen LogP contribution in [0.2, 0.25) is 0 Å². The number of carbonyl (C=O) groups is 2. The summed E-state index contributed by atoms with van der Waals surface area (Å²) in [5.74, 6) is -0.663. The van der Waals surface area contributed by atoms with Crippen LogP contribution in [0, 0.1) is 0 Å². The van der Waals surface area contributed by atoms with E-state index in [4.69, 9.17) is 4.74 Å². The van der Waals surface area contributed by atoms with Gasteiger partial charge in [-0.2, -0.15) is 0 Å². The lowest BCUT2D eigenvalue weighted by molar-refractivity contribution is 0.0526. The number of hydrogen-bond acceptors (Lipinski definition) is 3. The van der Waals surface area contributed by atoms with Crippen molar-refractivity contribution in [3.63, 3.8) is 0 Å². The highest BCUT2D eigenvalue weighted by molar-refractivity contribution is 6.03. The van der Waals surface area contributed by atoms with Gasteiger partial charge in [-0.05, 0) is 37.3 Å². The van der Waals surface area contributed by atoms with E-state index in [1.165, 1.54) is 0 Å². The minimum absolute atomic E-state index is 0.258. The molecule has 0 unspecified atom stereocenters. The summed E-state index contributed by atoms with van der Waals surface area (Å²) in [6.07, 6.45) is 1.67. The molecule has 0 radical (unpaired) electrons. The second-order valence-corrected chi connectivity index (χ2v) is 3.84. The first-order valence-corrected chi connectivity index (χ1v) is 5.92. The zero-order chi connectivity index (χ0) is 13.7. The summed E-state index contributed by atoms with van der Waals surface area (Å²) in [6.45, 7) is 2.06. The van der Waals surface area contributed by atoms with E-state index in [1.54, 1.807) is 49.5 Å². The Morgan fingerprint density at radius 2 is 2.11 bits per heavy atom. The number of rotatable bonds is 4. The van der Waals surface area contributed by atoms with Gasteiger partial charge in [0.15, 0.2) is 0 Å². The summed E-state index contributed by atoms with van der Waals surface area (Å²) in [4.78, 5) is 26.2. The fourth-order valence-corrected chi connectivity index (χ4v) is 1.61. The van der Waals surface area contributed by atoms with E-state index < -0.39 is 5.97 Å². The number of amides is 1. The first-order valence-electron chi connectivity index (χ1n) is 5.92. The molecule has 5 heteroatoms. The van der Waals surface area contributed by atoms with Gasteiger partial charge in [-0.25, -0.2) is 4.79 Å². The summed E-state index contributed by atoms with van der Waals surface area (Å²) >= 11 is 0. The smallest absolute Gasteiger partial charge is 0.338 e. The number of aromatic amines is 1. The van der Waals surface area contributed by atoms with Crippen molar-refractivity contribution in [3.05, 3.63) is 53.9 Å². The molecule has 0 aliphatic heterocycles. The van der Waals surface area contributed by atoms with Crippen LogP contribution in [0.1, 0.15) is 27.8 Å². The van der Waals surface area contributed by atoms with E-state index in [2.05, 4.69) is 10.3 Å². The van der Waals surface area contributed by atoms with Gasteiger partial charge in [-0.3, -0.25) is 4.79 Å². The third-order valence-electron chi connectivity index (χ3n) is 2.47. The zero-order valence-electron chi connectivity index (χ0n) is 10.5. The van der Waals surface area contributed by atoms with Crippen LogP contribution in [0.3, 0.4) is 0 Å². The molecule has 0 fully saturated rings. The fourth-order valence-electron chi connectivity index (χ4n) is 1.61. The van der Waals surface area contributed by atoms with Gasteiger partial charge in [-0.15, -0.1) is 0 Å². The molecular weight excluding hydrogens is 244 g/mol. The normalized spacial score (nSPS) is 9.95. The Balaban J connectivity index is 2.11. The van der Waals surface area contributed by atoms with Crippen molar-refractivity contribution in [1.82, 2.24) is 4.98 Å². The van der Waals surface area contributed by atoms with Gasteiger partial charge in [0.1, 0.15) is 5.69 Å². The highest BCUT2D eigenvalue weighted by atomic mass is 16.5. The molecule has 0 aliphatic rings. The maximum atomic E-state index is 11.8. The van der Waals surface area contributed by atoms with Gasteiger partial charge in [-0.1, -0.05) is 6.07 Å². The van der Waals surface area contributed by atoms with Gasteiger partial charge < -0.3 is 15.0 Å². The summed E-state index contributed by atoms with van der Waals surface area (Å²) < 4.78 is 4.90. The van der Waals surface area contributed by atoms with Crippen LogP contribution >= 0.6 is 0 Å². The van der Waals surface area contributed by atoms with Crippen LogP contribution in [0.5, 0.6) is 0 Å². The number of nitrogens with one attached hydrogen (secondary N) is 2. The molecule has 0 aliphatic carbocycles. The monoisotopic (exact) mass is 258 g/mol. The highest BCUT2D eigenvalue weighted by Gasteiger charge is 2.09. The average Bonchev–Trinajstić information content (AvgIpc) is 2.93. The molecule has 2 rings (SSSR count). The number of anilines is 1. The summed E-state index contributed by atoms with van der Waals surface area (Å²) in [5.41, 5.74) is 1.41. The number of benzene rings is 1. The lowest BCUT2D eigenvalue weighted by Gasteiger charge is -2.06. The van der Waals surface area contributed by atoms with E-state index >= 15 is 0 Å². The van der Waals surface area contributed by atoms with Crippen LogP contribution in [0.25, 0.3) is 0 Å². The van der Waals surface area contributed by atoms with Crippen molar-refractivity contribution in [2.45, 2.75) is 6.92 Å². The number of esters is 1. The van der Waals surface area contributed by atoms with Crippen LogP contribution in [0.4, 0.5) is 5.69 Å². The molecular formula is C14H14N2O3. The molecule has 0 atom stereocenters. The van der Waals surface area contributed by atoms with Crippen LogP contribution in [-0.4, -0.2) is 23.5 Å². The quantitative estimate of drug-likeness (QED) is 0.827. The second kappa shape index (κ2) is 5.86. The van der Waals surface area contributed by atoms with Crippen molar-refractivity contribution in [1.29, 1.82) is 0 Å². The number of hydrogen-bond donors (Lipinski definition) is 2. The number of carbonyl (C=O) groups excluding carboxylic acids is 2. The lowest BCUT2D eigenvalue weighted by atomic mass is 10.2. The van der Waals surface area contributed by atoms with E-state index in [9.17, 15) is 9.59 Å². The molecule has 0 spiro atoms. The van der Waals surface area contributed by atoms with Crippen LogP contribution < -0.4 is 5.32 Å². The van der Waals surface area contributed by atoms with E-state index in [1.807, 2.05) is 0 Å². The maximum absolute atomic E-state index is 11.8. The Labute approximate surface area is 110 Å². The molecule has 1 aromatic heterocycles. The van der Waals surface area contributed by atoms with Gasteiger partial charge in [0.2, 0.25) is 0 Å².